The van der Waals surface area contributed by atoms with Crippen LogP contribution in [0.5, 0.6) is 0 Å². The number of fused-ring (bicyclic) bond motifs is 1. The number of amides is 1. The lowest BCUT2D eigenvalue weighted by atomic mass is 9.72. The van der Waals surface area contributed by atoms with E-state index in [1.807, 2.05) is 42.6 Å². The van der Waals surface area contributed by atoms with Crippen molar-refractivity contribution in [3.05, 3.63) is 99.7 Å². The quantitative estimate of drug-likeness (QED) is 0.270. The Hall–Kier alpha value is -3.44. The highest BCUT2D eigenvalue weighted by atomic mass is 32.1. The third-order valence-electron chi connectivity index (χ3n) is 7.54. The number of hydrogen-bond donors (Lipinski definition) is 1. The van der Waals surface area contributed by atoms with E-state index >= 15 is 0 Å². The molecule has 190 valence electrons. The van der Waals surface area contributed by atoms with E-state index in [0.717, 1.165) is 58.2 Å². The SMILES string of the molecule is Cc1cc(C=Nc2sc3c(c2C(=O)Nc2ccccc2)CC[C@@H](C(C)(C)C)C3)c(C)n1-c1ccccc1. The second-order valence-corrected chi connectivity index (χ2v) is 12.1. The Morgan fingerprint density at radius 2 is 1.73 bits per heavy atom. The summed E-state index contributed by atoms with van der Waals surface area (Å²) in [5.74, 6) is 0.533. The molecule has 0 bridgehead atoms. The van der Waals surface area contributed by atoms with Gasteiger partial charge >= 0.3 is 0 Å². The van der Waals surface area contributed by atoms with Gasteiger partial charge < -0.3 is 9.88 Å². The van der Waals surface area contributed by atoms with Crippen LogP contribution in [0.2, 0.25) is 0 Å². The second-order valence-electron chi connectivity index (χ2n) is 11.1. The lowest BCUT2D eigenvalue weighted by molar-refractivity contribution is 0.102. The molecule has 5 heteroatoms. The smallest absolute Gasteiger partial charge is 0.259 e. The number of thiophene rings is 1. The fourth-order valence-electron chi connectivity index (χ4n) is 5.37. The number of carbonyl (C=O) groups excluding carboxylic acids is 1. The molecule has 4 aromatic rings. The molecule has 0 saturated heterocycles. The molecule has 1 aliphatic carbocycles. The number of aliphatic imine (C=N–C) groups is 1. The maximum absolute atomic E-state index is 13.6. The maximum atomic E-state index is 13.6. The van der Waals surface area contributed by atoms with Crippen LogP contribution in [0.3, 0.4) is 0 Å². The third kappa shape index (κ3) is 5.19. The van der Waals surface area contributed by atoms with Gasteiger partial charge in [-0.25, -0.2) is 4.99 Å². The van der Waals surface area contributed by atoms with Gasteiger partial charge in [0.05, 0.1) is 5.56 Å². The van der Waals surface area contributed by atoms with Gasteiger partial charge in [0, 0.05) is 39.4 Å². The number of anilines is 1. The minimum atomic E-state index is -0.0696. The summed E-state index contributed by atoms with van der Waals surface area (Å²) in [6.07, 6.45) is 4.95. The normalized spacial score (nSPS) is 15.6. The number of nitrogens with one attached hydrogen (secondary N) is 1. The van der Waals surface area contributed by atoms with Crippen LogP contribution >= 0.6 is 11.3 Å². The van der Waals surface area contributed by atoms with Gasteiger partial charge in [0.15, 0.2) is 0 Å². The minimum absolute atomic E-state index is 0.0696. The number of aryl methyl sites for hydroxylation is 1. The van der Waals surface area contributed by atoms with Crippen molar-refractivity contribution in [2.75, 3.05) is 5.32 Å². The van der Waals surface area contributed by atoms with Crippen LogP contribution in [0, 0.1) is 25.2 Å². The molecule has 2 aromatic carbocycles. The highest BCUT2D eigenvalue weighted by Crippen LogP contribution is 2.45. The van der Waals surface area contributed by atoms with Gasteiger partial charge in [-0.2, -0.15) is 0 Å². The van der Waals surface area contributed by atoms with Crippen molar-refractivity contribution >= 4 is 34.1 Å². The molecule has 0 aliphatic heterocycles. The van der Waals surface area contributed by atoms with Gasteiger partial charge in [0.2, 0.25) is 0 Å². The van der Waals surface area contributed by atoms with Crippen molar-refractivity contribution in [2.45, 2.75) is 53.9 Å². The summed E-state index contributed by atoms with van der Waals surface area (Å²) in [6.45, 7) is 11.2. The summed E-state index contributed by atoms with van der Waals surface area (Å²) in [7, 11) is 0. The third-order valence-corrected chi connectivity index (χ3v) is 8.70. The number of aromatic nitrogens is 1. The average Bonchev–Trinajstić information content (AvgIpc) is 3.38. The second kappa shape index (κ2) is 10.1. The molecule has 1 amide bonds. The van der Waals surface area contributed by atoms with Gasteiger partial charge in [-0.1, -0.05) is 57.2 Å². The Kier molecular flexibility index (Phi) is 6.91. The van der Waals surface area contributed by atoms with E-state index < -0.39 is 0 Å². The Morgan fingerprint density at radius 1 is 1.05 bits per heavy atom. The summed E-state index contributed by atoms with van der Waals surface area (Å²) >= 11 is 1.69. The Morgan fingerprint density at radius 3 is 2.41 bits per heavy atom. The largest absolute Gasteiger partial charge is 0.322 e. The molecule has 0 saturated carbocycles. The van der Waals surface area contributed by atoms with E-state index in [0.29, 0.717) is 5.92 Å². The molecule has 4 nitrogen and oxygen atoms in total. The zero-order valence-electron chi connectivity index (χ0n) is 22.3. The van der Waals surface area contributed by atoms with Gasteiger partial charge in [0.25, 0.3) is 5.91 Å². The van der Waals surface area contributed by atoms with Crippen LogP contribution in [0.15, 0.2) is 71.7 Å². The van der Waals surface area contributed by atoms with Crippen LogP contribution in [0.25, 0.3) is 5.69 Å². The van der Waals surface area contributed by atoms with Crippen molar-refractivity contribution in [2.24, 2.45) is 16.3 Å². The summed E-state index contributed by atoms with van der Waals surface area (Å²) in [6, 6.07) is 22.2. The molecule has 0 unspecified atom stereocenters. The summed E-state index contributed by atoms with van der Waals surface area (Å²) in [5, 5.41) is 3.91. The van der Waals surface area contributed by atoms with Gasteiger partial charge in [-0.15, -0.1) is 11.3 Å². The molecular weight excluding hydrogens is 474 g/mol. The van der Waals surface area contributed by atoms with E-state index in [1.165, 1.54) is 10.4 Å². The van der Waals surface area contributed by atoms with Crippen molar-refractivity contribution in [3.63, 3.8) is 0 Å². The van der Waals surface area contributed by atoms with Crippen molar-refractivity contribution in [1.82, 2.24) is 4.57 Å². The molecule has 0 fully saturated rings. The topological polar surface area (TPSA) is 46.4 Å². The molecule has 5 rings (SSSR count). The van der Waals surface area contributed by atoms with E-state index in [2.05, 4.69) is 74.8 Å². The Balaban J connectivity index is 1.52. The number of hydrogen-bond acceptors (Lipinski definition) is 3. The van der Waals surface area contributed by atoms with Gasteiger partial charge in [-0.05, 0) is 80.3 Å². The van der Waals surface area contributed by atoms with Crippen molar-refractivity contribution < 1.29 is 4.79 Å². The van der Waals surface area contributed by atoms with Crippen molar-refractivity contribution in [1.29, 1.82) is 0 Å². The molecular formula is C32H35N3OS. The molecule has 1 N–H and O–H groups in total. The summed E-state index contributed by atoms with van der Waals surface area (Å²) in [4.78, 5) is 19.9. The first-order valence-electron chi connectivity index (χ1n) is 13.0. The molecule has 2 heterocycles. The number of benzene rings is 2. The average molecular weight is 510 g/mol. The highest BCUT2D eigenvalue weighted by molar-refractivity contribution is 7.16. The first-order valence-corrected chi connectivity index (χ1v) is 13.8. The van der Waals surface area contributed by atoms with Crippen LogP contribution in [0.4, 0.5) is 10.7 Å². The van der Waals surface area contributed by atoms with E-state index in [9.17, 15) is 4.79 Å². The first kappa shape index (κ1) is 25.2. The van der Waals surface area contributed by atoms with E-state index in [-0.39, 0.29) is 11.3 Å². The molecule has 0 radical (unpaired) electrons. The number of nitrogens with zero attached hydrogens (tertiary/aromatic N) is 2. The molecule has 37 heavy (non-hydrogen) atoms. The molecule has 2 aromatic heterocycles. The minimum Gasteiger partial charge on any atom is -0.322 e. The number of rotatable bonds is 5. The lowest BCUT2D eigenvalue weighted by Gasteiger charge is -2.33. The summed E-state index contributed by atoms with van der Waals surface area (Å²) in [5.41, 5.74) is 7.46. The molecule has 1 atom stereocenters. The van der Waals surface area contributed by atoms with Gasteiger partial charge in [-0.3, -0.25) is 4.79 Å². The van der Waals surface area contributed by atoms with Crippen LogP contribution in [0.1, 0.15) is 64.9 Å². The number of para-hydroxylation sites is 2. The Labute approximate surface area is 224 Å². The van der Waals surface area contributed by atoms with Crippen LogP contribution in [-0.2, 0) is 12.8 Å². The van der Waals surface area contributed by atoms with Crippen LogP contribution in [-0.4, -0.2) is 16.7 Å². The zero-order chi connectivity index (χ0) is 26.2. The Bertz CT molecular complexity index is 1440. The molecule has 0 spiro atoms. The van der Waals surface area contributed by atoms with Gasteiger partial charge in [0.1, 0.15) is 5.00 Å². The van der Waals surface area contributed by atoms with Crippen molar-refractivity contribution in [3.8, 4) is 5.69 Å². The van der Waals surface area contributed by atoms with E-state index in [4.69, 9.17) is 4.99 Å². The monoisotopic (exact) mass is 509 g/mol. The predicted molar refractivity (Wildman–Crippen MR) is 156 cm³/mol. The van der Waals surface area contributed by atoms with Crippen LogP contribution < -0.4 is 5.32 Å². The number of carbonyl (C=O) groups is 1. The highest BCUT2D eigenvalue weighted by Gasteiger charge is 2.33. The predicted octanol–water partition coefficient (Wildman–Crippen LogP) is 8.31. The fraction of sp³-hybridized carbons (Fsp3) is 0.312. The summed E-state index contributed by atoms with van der Waals surface area (Å²) < 4.78 is 2.25. The molecule has 1 aliphatic rings. The maximum Gasteiger partial charge on any atom is 0.259 e. The first-order chi connectivity index (χ1) is 17.7. The lowest BCUT2D eigenvalue weighted by Crippen LogP contribution is -2.27. The zero-order valence-corrected chi connectivity index (χ0v) is 23.2. The fourth-order valence-corrected chi connectivity index (χ4v) is 6.64. The standard InChI is InChI=1S/C32H35N3OS/c1-21-18-23(22(2)35(21)26-14-10-7-11-15-26)20-33-31-29(30(36)34-25-12-8-6-9-13-25)27-17-16-24(32(3,4)5)19-28(27)37-31/h6-15,18,20,24H,16-17,19H2,1-5H3,(H,34,36)/t24-/m1/s1. The van der Waals surface area contributed by atoms with E-state index in [1.54, 1.807) is 11.3 Å².